The Morgan fingerprint density at radius 1 is 1.24 bits per heavy atom. The first-order chi connectivity index (χ1) is 10.1. The maximum absolute atomic E-state index is 13.7. The highest BCUT2D eigenvalue weighted by Gasteiger charge is 2.20. The smallest absolute Gasteiger partial charge is 0.242 e. The van der Waals surface area contributed by atoms with Gasteiger partial charge >= 0.3 is 0 Å². The van der Waals surface area contributed by atoms with E-state index in [1.54, 1.807) is 19.1 Å². The minimum atomic E-state index is -0.855. The van der Waals surface area contributed by atoms with Crippen LogP contribution in [-0.4, -0.2) is 5.91 Å². The topological polar surface area (TPSA) is 52.9 Å². The predicted molar refractivity (Wildman–Crippen MR) is 79.0 cm³/mol. The van der Waals surface area contributed by atoms with Crippen LogP contribution in [0.25, 0.3) is 0 Å². The molecule has 2 aromatic rings. The van der Waals surface area contributed by atoms with Crippen LogP contribution in [0.4, 0.5) is 10.1 Å². The van der Waals surface area contributed by atoms with E-state index < -0.39 is 17.6 Å². The number of anilines is 1. The first kappa shape index (κ1) is 14.7. The van der Waals surface area contributed by atoms with Crippen LogP contribution >= 0.6 is 0 Å². The van der Waals surface area contributed by atoms with E-state index in [0.29, 0.717) is 12.0 Å². The fourth-order valence-electron chi connectivity index (χ4n) is 2.05. The molecule has 4 heteroatoms. The van der Waals surface area contributed by atoms with Crippen molar-refractivity contribution < 1.29 is 9.18 Å². The minimum absolute atomic E-state index is 0.135. The fraction of sp³-hybridized carbons (Fsp3) is 0.176. The molecule has 0 heterocycles. The highest BCUT2D eigenvalue weighted by Crippen LogP contribution is 2.20. The Morgan fingerprint density at radius 2 is 1.95 bits per heavy atom. The van der Waals surface area contributed by atoms with Gasteiger partial charge in [0.15, 0.2) is 0 Å². The average Bonchev–Trinajstić information content (AvgIpc) is 2.49. The molecule has 0 saturated carbocycles. The second-order valence-corrected chi connectivity index (χ2v) is 4.79. The van der Waals surface area contributed by atoms with Crippen molar-refractivity contribution in [2.24, 2.45) is 5.92 Å². The molecule has 0 bridgehead atoms. The number of nitrogens with zero attached hydrogens (tertiary/aromatic N) is 1. The van der Waals surface area contributed by atoms with Crippen LogP contribution in [0.2, 0.25) is 0 Å². The summed E-state index contributed by atoms with van der Waals surface area (Å²) in [7, 11) is 0. The molecule has 0 saturated heterocycles. The van der Waals surface area contributed by atoms with Crippen molar-refractivity contribution in [2.45, 2.75) is 13.3 Å². The molecule has 0 aliphatic carbocycles. The van der Waals surface area contributed by atoms with E-state index in [4.69, 9.17) is 5.26 Å². The fourth-order valence-corrected chi connectivity index (χ4v) is 2.05. The number of hydrogen-bond donors (Lipinski definition) is 1. The van der Waals surface area contributed by atoms with E-state index in [1.165, 1.54) is 6.07 Å². The van der Waals surface area contributed by atoms with Crippen molar-refractivity contribution in [3.8, 4) is 6.07 Å². The molecule has 0 spiro atoms. The Labute approximate surface area is 123 Å². The number of aryl methyl sites for hydroxylation is 1. The highest BCUT2D eigenvalue weighted by molar-refractivity contribution is 5.95. The monoisotopic (exact) mass is 282 g/mol. The molecule has 2 aromatic carbocycles. The Balaban J connectivity index is 2.13. The van der Waals surface area contributed by atoms with Crippen molar-refractivity contribution in [2.75, 3.05) is 5.32 Å². The number of amides is 1. The number of nitriles is 1. The first-order valence-electron chi connectivity index (χ1n) is 6.61. The molecule has 0 fully saturated rings. The van der Waals surface area contributed by atoms with Gasteiger partial charge in [-0.3, -0.25) is 4.79 Å². The van der Waals surface area contributed by atoms with Crippen LogP contribution < -0.4 is 5.32 Å². The van der Waals surface area contributed by atoms with Crippen LogP contribution in [0.3, 0.4) is 0 Å². The molecule has 0 aromatic heterocycles. The maximum Gasteiger partial charge on any atom is 0.242 e. The number of para-hydroxylation sites is 1. The largest absolute Gasteiger partial charge is 0.322 e. The average molecular weight is 282 g/mol. The van der Waals surface area contributed by atoms with Gasteiger partial charge in [0, 0.05) is 0 Å². The Morgan fingerprint density at radius 3 is 2.57 bits per heavy atom. The zero-order chi connectivity index (χ0) is 15.2. The third kappa shape index (κ3) is 3.67. The number of carbonyl (C=O) groups is 1. The van der Waals surface area contributed by atoms with Gasteiger partial charge in [-0.2, -0.15) is 5.26 Å². The lowest BCUT2D eigenvalue weighted by molar-refractivity contribution is -0.118. The van der Waals surface area contributed by atoms with Gasteiger partial charge in [0.25, 0.3) is 0 Å². The molecule has 0 radical (unpaired) electrons. The van der Waals surface area contributed by atoms with Crippen molar-refractivity contribution in [3.63, 3.8) is 0 Å². The van der Waals surface area contributed by atoms with Gasteiger partial charge in [0.05, 0.1) is 11.8 Å². The molecular weight excluding hydrogens is 267 g/mol. The van der Waals surface area contributed by atoms with Crippen LogP contribution in [0.15, 0.2) is 48.5 Å². The van der Waals surface area contributed by atoms with E-state index in [1.807, 2.05) is 36.4 Å². The number of halogens is 1. The van der Waals surface area contributed by atoms with E-state index in [9.17, 15) is 9.18 Å². The van der Waals surface area contributed by atoms with Crippen molar-refractivity contribution in [3.05, 3.63) is 65.5 Å². The minimum Gasteiger partial charge on any atom is -0.322 e. The number of nitrogens with one attached hydrogen (secondary N) is 1. The Bertz CT molecular complexity index is 657. The lowest BCUT2D eigenvalue weighted by Gasteiger charge is -2.12. The van der Waals surface area contributed by atoms with Gasteiger partial charge in [-0.05, 0) is 30.5 Å². The number of hydrogen-bond acceptors (Lipinski definition) is 2. The van der Waals surface area contributed by atoms with Crippen LogP contribution in [-0.2, 0) is 11.2 Å². The summed E-state index contributed by atoms with van der Waals surface area (Å²) in [4.78, 5) is 12.2. The summed E-state index contributed by atoms with van der Waals surface area (Å²) in [6.07, 6.45) is 0.302. The highest BCUT2D eigenvalue weighted by atomic mass is 19.1. The van der Waals surface area contributed by atoms with Crippen molar-refractivity contribution in [1.82, 2.24) is 0 Å². The summed E-state index contributed by atoms with van der Waals surface area (Å²) >= 11 is 0. The summed E-state index contributed by atoms with van der Waals surface area (Å²) in [6, 6.07) is 15.8. The van der Waals surface area contributed by atoms with Gasteiger partial charge < -0.3 is 5.32 Å². The Hall–Kier alpha value is -2.67. The molecule has 2 rings (SSSR count). The molecule has 3 nitrogen and oxygen atoms in total. The summed E-state index contributed by atoms with van der Waals surface area (Å²) in [5.74, 6) is -1.85. The molecule has 1 unspecified atom stereocenters. The maximum atomic E-state index is 13.7. The van der Waals surface area contributed by atoms with Crippen molar-refractivity contribution >= 4 is 11.6 Å². The van der Waals surface area contributed by atoms with E-state index in [-0.39, 0.29) is 5.69 Å². The van der Waals surface area contributed by atoms with Crippen molar-refractivity contribution in [1.29, 1.82) is 5.26 Å². The third-order valence-electron chi connectivity index (χ3n) is 3.23. The number of benzene rings is 2. The number of rotatable bonds is 4. The summed E-state index contributed by atoms with van der Waals surface area (Å²) in [5.41, 5.74) is 1.65. The molecular formula is C17H15FN2O. The third-order valence-corrected chi connectivity index (χ3v) is 3.23. The zero-order valence-electron chi connectivity index (χ0n) is 11.6. The molecule has 0 aliphatic rings. The normalized spacial score (nSPS) is 11.5. The van der Waals surface area contributed by atoms with Gasteiger partial charge in [-0.1, -0.05) is 42.5 Å². The standard InChI is InChI=1S/C17H15FN2O/c1-12-6-5-9-15(18)16(12)20-17(21)14(11-19)10-13-7-3-2-4-8-13/h2-9,14H,10H2,1H3,(H,20,21). The number of carbonyl (C=O) groups excluding carboxylic acids is 1. The molecule has 106 valence electrons. The lowest BCUT2D eigenvalue weighted by Crippen LogP contribution is -2.24. The van der Waals surface area contributed by atoms with E-state index in [0.717, 1.165) is 5.56 Å². The molecule has 1 amide bonds. The van der Waals surface area contributed by atoms with Gasteiger partial charge in [-0.15, -0.1) is 0 Å². The van der Waals surface area contributed by atoms with Crippen LogP contribution in [0.5, 0.6) is 0 Å². The summed E-state index contributed by atoms with van der Waals surface area (Å²) in [6.45, 7) is 1.71. The second kappa shape index (κ2) is 6.67. The molecule has 0 aliphatic heterocycles. The molecule has 1 N–H and O–H groups in total. The van der Waals surface area contributed by atoms with Crippen LogP contribution in [0, 0.1) is 30.0 Å². The van der Waals surface area contributed by atoms with E-state index in [2.05, 4.69) is 5.32 Å². The summed E-state index contributed by atoms with van der Waals surface area (Å²) in [5, 5.41) is 11.7. The zero-order valence-corrected chi connectivity index (χ0v) is 11.6. The molecule has 21 heavy (non-hydrogen) atoms. The van der Waals surface area contributed by atoms with Gasteiger partial charge in [0.2, 0.25) is 5.91 Å². The quantitative estimate of drug-likeness (QED) is 0.933. The van der Waals surface area contributed by atoms with Gasteiger partial charge in [-0.25, -0.2) is 4.39 Å². The van der Waals surface area contributed by atoms with Gasteiger partial charge in [0.1, 0.15) is 11.7 Å². The van der Waals surface area contributed by atoms with E-state index >= 15 is 0 Å². The predicted octanol–water partition coefficient (Wildman–Crippen LogP) is 3.46. The van der Waals surface area contributed by atoms with Crippen LogP contribution in [0.1, 0.15) is 11.1 Å². The molecule has 1 atom stereocenters. The SMILES string of the molecule is Cc1cccc(F)c1NC(=O)C(C#N)Cc1ccccc1. The lowest BCUT2D eigenvalue weighted by atomic mass is 9.99. The second-order valence-electron chi connectivity index (χ2n) is 4.79. The first-order valence-corrected chi connectivity index (χ1v) is 6.61. The summed E-state index contributed by atoms with van der Waals surface area (Å²) < 4.78 is 13.7. The Kier molecular flexibility index (Phi) is 4.68.